The van der Waals surface area contributed by atoms with Gasteiger partial charge in [-0.05, 0) is 46.0 Å². The van der Waals surface area contributed by atoms with E-state index in [1.54, 1.807) is 12.7 Å². The highest BCUT2D eigenvalue weighted by Crippen LogP contribution is 2.19. The first-order chi connectivity index (χ1) is 12.2. The lowest BCUT2D eigenvalue weighted by atomic mass is 9.97. The van der Waals surface area contributed by atoms with Gasteiger partial charge in [0.05, 0.1) is 18.8 Å². The number of halogens is 1. The lowest BCUT2D eigenvalue weighted by Crippen LogP contribution is -2.37. The summed E-state index contributed by atoms with van der Waals surface area (Å²) in [6, 6.07) is 0. The van der Waals surface area contributed by atoms with Crippen LogP contribution in [-0.2, 0) is 17.8 Å². The van der Waals surface area contributed by atoms with Gasteiger partial charge < -0.3 is 15.4 Å². The summed E-state index contributed by atoms with van der Waals surface area (Å²) in [5.74, 6) is 0.847. The fourth-order valence-electron chi connectivity index (χ4n) is 3.25. The molecule has 0 saturated carbocycles. The quantitative estimate of drug-likeness (QED) is 0.262. The molecule has 26 heavy (non-hydrogen) atoms. The molecule has 0 amide bonds. The molecule has 2 N–H and O–H groups in total. The fourth-order valence-corrected chi connectivity index (χ4v) is 3.25. The first-order valence-electron chi connectivity index (χ1n) is 9.30. The summed E-state index contributed by atoms with van der Waals surface area (Å²) < 4.78 is 7.17. The number of rotatable bonds is 8. The molecule has 7 heteroatoms. The van der Waals surface area contributed by atoms with Crippen LogP contribution < -0.4 is 10.6 Å². The minimum Gasteiger partial charge on any atom is -0.383 e. The molecule has 1 aromatic heterocycles. The van der Waals surface area contributed by atoms with Gasteiger partial charge in [-0.2, -0.15) is 5.10 Å². The van der Waals surface area contributed by atoms with Gasteiger partial charge in [-0.1, -0.05) is 11.6 Å². The highest BCUT2D eigenvalue weighted by Gasteiger charge is 2.12. The Morgan fingerprint density at radius 3 is 2.77 bits per heavy atom. The average molecular weight is 475 g/mol. The molecule has 0 atom stereocenters. The number of ether oxygens (including phenoxy) is 1. The second kappa shape index (κ2) is 12.3. The second-order valence-corrected chi connectivity index (χ2v) is 6.58. The molecular weight excluding hydrogens is 441 g/mol. The van der Waals surface area contributed by atoms with Gasteiger partial charge in [0.15, 0.2) is 5.96 Å². The van der Waals surface area contributed by atoms with Crippen LogP contribution in [0.3, 0.4) is 0 Å². The van der Waals surface area contributed by atoms with Gasteiger partial charge in [-0.25, -0.2) is 0 Å². The Labute approximate surface area is 174 Å². The van der Waals surface area contributed by atoms with Crippen molar-refractivity contribution in [3.05, 3.63) is 28.6 Å². The molecule has 6 nitrogen and oxygen atoms in total. The maximum absolute atomic E-state index is 5.15. The molecule has 0 aromatic carbocycles. The Morgan fingerprint density at radius 1 is 1.31 bits per heavy atom. The summed E-state index contributed by atoms with van der Waals surface area (Å²) in [6.07, 6.45) is 8.69. The van der Waals surface area contributed by atoms with Crippen LogP contribution in [0.2, 0.25) is 0 Å². The minimum atomic E-state index is 0. The molecule has 1 aromatic rings. The Hall–Kier alpha value is -1.09. The normalized spacial score (nSPS) is 14.6. The van der Waals surface area contributed by atoms with Crippen molar-refractivity contribution < 1.29 is 4.74 Å². The molecule has 148 valence electrons. The monoisotopic (exact) mass is 475 g/mol. The zero-order valence-electron chi connectivity index (χ0n) is 16.6. The number of nitrogens with one attached hydrogen (secondary N) is 2. The van der Waals surface area contributed by atoms with Gasteiger partial charge in [0.25, 0.3) is 0 Å². The number of hydrogen-bond acceptors (Lipinski definition) is 3. The maximum Gasteiger partial charge on any atom is 0.191 e. The van der Waals surface area contributed by atoms with E-state index in [0.717, 1.165) is 37.7 Å². The van der Waals surface area contributed by atoms with E-state index >= 15 is 0 Å². The van der Waals surface area contributed by atoms with E-state index < -0.39 is 0 Å². The zero-order chi connectivity index (χ0) is 18.1. The molecule has 1 aliphatic rings. The summed E-state index contributed by atoms with van der Waals surface area (Å²) in [6.45, 7) is 7.28. The Balaban J connectivity index is 0.00000338. The highest BCUT2D eigenvalue weighted by molar-refractivity contribution is 14.0. The predicted molar refractivity (Wildman–Crippen MR) is 118 cm³/mol. The molecule has 0 saturated heterocycles. The molecule has 0 bridgehead atoms. The van der Waals surface area contributed by atoms with E-state index in [0.29, 0.717) is 6.61 Å². The van der Waals surface area contributed by atoms with E-state index in [-0.39, 0.29) is 24.0 Å². The van der Waals surface area contributed by atoms with Crippen LogP contribution in [0.4, 0.5) is 0 Å². The van der Waals surface area contributed by atoms with Gasteiger partial charge >= 0.3 is 0 Å². The van der Waals surface area contributed by atoms with Crippen LogP contribution in [0.5, 0.6) is 0 Å². The number of aryl methyl sites for hydroxylation is 1. The Morgan fingerprint density at radius 2 is 2.12 bits per heavy atom. The lowest BCUT2D eigenvalue weighted by Gasteiger charge is -2.15. The molecule has 0 fully saturated rings. The summed E-state index contributed by atoms with van der Waals surface area (Å²) in [4.78, 5) is 4.33. The average Bonchev–Trinajstić information content (AvgIpc) is 2.90. The van der Waals surface area contributed by atoms with E-state index in [1.165, 1.54) is 36.9 Å². The van der Waals surface area contributed by atoms with E-state index in [9.17, 15) is 0 Å². The number of guanidine groups is 1. The van der Waals surface area contributed by atoms with Gasteiger partial charge in [0.2, 0.25) is 0 Å². The topological polar surface area (TPSA) is 63.5 Å². The first-order valence-corrected chi connectivity index (χ1v) is 9.30. The van der Waals surface area contributed by atoms with Crippen LogP contribution in [0, 0.1) is 13.8 Å². The van der Waals surface area contributed by atoms with E-state index in [4.69, 9.17) is 4.74 Å². The van der Waals surface area contributed by atoms with Crippen molar-refractivity contribution in [2.45, 2.75) is 59.0 Å². The summed E-state index contributed by atoms with van der Waals surface area (Å²) in [5.41, 5.74) is 5.06. The van der Waals surface area contributed by atoms with E-state index in [2.05, 4.69) is 40.6 Å². The van der Waals surface area contributed by atoms with Crippen molar-refractivity contribution >= 4 is 29.9 Å². The van der Waals surface area contributed by atoms with Crippen LogP contribution in [0.25, 0.3) is 0 Å². The molecular formula is C19H34IN5O. The highest BCUT2D eigenvalue weighted by atomic mass is 127. The van der Waals surface area contributed by atoms with E-state index in [1.807, 2.05) is 11.7 Å². The number of allylic oxidation sites excluding steroid dienone is 1. The largest absolute Gasteiger partial charge is 0.383 e. The zero-order valence-corrected chi connectivity index (χ0v) is 18.9. The standard InChI is InChI=1S/C19H33N5O.HI/c1-15-18(16(2)24(23-15)12-13-25-4)14-22-19(20-3)21-11-10-17-8-6-5-7-9-17;/h8H,5-7,9-14H2,1-4H3,(H2,20,21,22);1H. The number of aromatic nitrogens is 2. The van der Waals surface area contributed by atoms with Crippen molar-refractivity contribution in [1.82, 2.24) is 20.4 Å². The number of nitrogens with zero attached hydrogens (tertiary/aromatic N) is 3. The first kappa shape index (κ1) is 23.0. The summed E-state index contributed by atoms with van der Waals surface area (Å²) in [7, 11) is 3.53. The molecule has 2 rings (SSSR count). The van der Waals surface area contributed by atoms with Crippen molar-refractivity contribution in [3.63, 3.8) is 0 Å². The number of methoxy groups -OCH3 is 1. The third-order valence-corrected chi connectivity index (χ3v) is 4.82. The molecule has 0 unspecified atom stereocenters. The maximum atomic E-state index is 5.15. The second-order valence-electron chi connectivity index (χ2n) is 6.58. The molecule has 1 aliphatic carbocycles. The molecule has 0 radical (unpaired) electrons. The minimum absolute atomic E-state index is 0. The van der Waals surface area contributed by atoms with Crippen LogP contribution in [0.1, 0.15) is 49.1 Å². The third-order valence-electron chi connectivity index (χ3n) is 4.82. The van der Waals surface area contributed by atoms with Crippen molar-refractivity contribution in [2.75, 3.05) is 27.3 Å². The smallest absolute Gasteiger partial charge is 0.191 e. The molecule has 1 heterocycles. The van der Waals surface area contributed by atoms with Gasteiger partial charge in [-0.15, -0.1) is 24.0 Å². The van der Waals surface area contributed by atoms with Gasteiger partial charge in [-0.3, -0.25) is 9.67 Å². The van der Waals surface area contributed by atoms with Crippen molar-refractivity contribution in [1.29, 1.82) is 0 Å². The Bertz CT molecular complexity index is 609. The SMILES string of the molecule is CN=C(NCCC1=CCCCC1)NCc1c(C)nn(CCOC)c1C.I. The summed E-state index contributed by atoms with van der Waals surface area (Å²) >= 11 is 0. The van der Waals surface area contributed by atoms with Crippen LogP contribution in [-0.4, -0.2) is 43.0 Å². The van der Waals surface area contributed by atoms with Crippen LogP contribution in [0.15, 0.2) is 16.6 Å². The molecule has 0 spiro atoms. The number of aliphatic imine (C=N–C) groups is 1. The predicted octanol–water partition coefficient (Wildman–Crippen LogP) is 3.32. The Kier molecular flexibility index (Phi) is 10.9. The third kappa shape index (κ3) is 6.90. The van der Waals surface area contributed by atoms with Crippen molar-refractivity contribution in [2.24, 2.45) is 4.99 Å². The van der Waals surface area contributed by atoms with Crippen molar-refractivity contribution in [3.8, 4) is 0 Å². The fraction of sp³-hybridized carbons (Fsp3) is 0.684. The summed E-state index contributed by atoms with van der Waals surface area (Å²) in [5, 5.41) is 11.4. The van der Waals surface area contributed by atoms with Gasteiger partial charge in [0.1, 0.15) is 0 Å². The van der Waals surface area contributed by atoms with Gasteiger partial charge in [0, 0.05) is 38.5 Å². The lowest BCUT2D eigenvalue weighted by molar-refractivity contribution is 0.182. The molecule has 0 aliphatic heterocycles. The van der Waals surface area contributed by atoms with Crippen LogP contribution >= 0.6 is 24.0 Å². The number of hydrogen-bond donors (Lipinski definition) is 2.